The maximum atomic E-state index is 6.07. The molecule has 4 aromatic rings. The molecule has 0 atom stereocenters. The first-order valence-electron chi connectivity index (χ1n) is 8.08. The second-order valence-corrected chi connectivity index (χ2v) is 6.09. The number of fused-ring (bicyclic) bond motifs is 1. The minimum Gasteiger partial charge on any atom is -0.489 e. The molecule has 6 nitrogen and oxygen atoms in total. The Hall–Kier alpha value is -3.28. The third-order valence-electron chi connectivity index (χ3n) is 3.88. The fourth-order valence-electron chi connectivity index (χ4n) is 2.77. The van der Waals surface area contributed by atoms with Gasteiger partial charge in [0, 0.05) is 28.2 Å². The molecule has 0 aliphatic rings. The molecular weight excluding hydrogens is 316 g/mol. The first-order valence-corrected chi connectivity index (χ1v) is 8.08. The van der Waals surface area contributed by atoms with Gasteiger partial charge in [-0.15, -0.1) is 0 Å². The minimum atomic E-state index is 0.0602. The van der Waals surface area contributed by atoms with Gasteiger partial charge in [0.15, 0.2) is 0 Å². The Kier molecular flexibility index (Phi) is 3.65. The largest absolute Gasteiger partial charge is 0.489 e. The molecule has 0 aliphatic heterocycles. The highest BCUT2D eigenvalue weighted by atomic mass is 16.5. The van der Waals surface area contributed by atoms with Crippen LogP contribution in [0.4, 0.5) is 5.69 Å². The number of hydrogen-bond donors (Lipinski definition) is 2. The maximum Gasteiger partial charge on any atom is 0.258 e. The van der Waals surface area contributed by atoms with Gasteiger partial charge in [0.25, 0.3) is 5.89 Å². The van der Waals surface area contributed by atoms with Crippen molar-refractivity contribution < 1.29 is 9.26 Å². The normalized spacial score (nSPS) is 11.3. The molecule has 0 fully saturated rings. The third kappa shape index (κ3) is 2.82. The molecule has 0 saturated heterocycles. The van der Waals surface area contributed by atoms with Gasteiger partial charge in [-0.1, -0.05) is 17.3 Å². The molecule has 2 aromatic carbocycles. The zero-order valence-corrected chi connectivity index (χ0v) is 14.0. The molecule has 2 heterocycles. The third-order valence-corrected chi connectivity index (χ3v) is 3.88. The van der Waals surface area contributed by atoms with Crippen LogP contribution in [-0.2, 0) is 0 Å². The van der Waals surface area contributed by atoms with Crippen LogP contribution >= 0.6 is 0 Å². The van der Waals surface area contributed by atoms with Gasteiger partial charge in [-0.3, -0.25) is 0 Å². The topological polar surface area (TPSA) is 90.0 Å². The van der Waals surface area contributed by atoms with Crippen LogP contribution < -0.4 is 10.5 Å². The van der Waals surface area contributed by atoms with Gasteiger partial charge in [-0.2, -0.15) is 4.98 Å². The number of aromatic nitrogens is 3. The van der Waals surface area contributed by atoms with E-state index in [2.05, 4.69) is 15.1 Å². The monoisotopic (exact) mass is 334 g/mol. The highest BCUT2D eigenvalue weighted by Gasteiger charge is 2.14. The van der Waals surface area contributed by atoms with E-state index in [9.17, 15) is 0 Å². The van der Waals surface area contributed by atoms with E-state index in [0.717, 1.165) is 22.0 Å². The second-order valence-electron chi connectivity index (χ2n) is 6.09. The van der Waals surface area contributed by atoms with Crippen LogP contribution in [0.25, 0.3) is 33.7 Å². The maximum absolute atomic E-state index is 6.07. The van der Waals surface area contributed by atoms with E-state index in [-0.39, 0.29) is 6.10 Å². The number of aromatic amines is 1. The summed E-state index contributed by atoms with van der Waals surface area (Å²) < 4.78 is 11.1. The molecular formula is C19H18N4O2. The molecule has 0 radical (unpaired) electrons. The van der Waals surface area contributed by atoms with E-state index >= 15 is 0 Å². The second kappa shape index (κ2) is 5.98. The summed E-state index contributed by atoms with van der Waals surface area (Å²) >= 11 is 0. The number of anilines is 1. The standard InChI is InChI=1S/C19H18N4O2/c1-11(2)24-17-7-6-12(10-15(17)20)19-22-18(23-25-19)14-4-3-5-16-13(14)8-9-21-16/h3-11,21H,20H2,1-2H3. The molecule has 0 saturated carbocycles. The van der Waals surface area contributed by atoms with Crippen molar-refractivity contribution in [3.8, 4) is 28.6 Å². The number of rotatable bonds is 4. The minimum absolute atomic E-state index is 0.0602. The Balaban J connectivity index is 1.70. The lowest BCUT2D eigenvalue weighted by atomic mass is 10.1. The summed E-state index contributed by atoms with van der Waals surface area (Å²) in [6, 6.07) is 13.4. The molecule has 2 aromatic heterocycles. The van der Waals surface area contributed by atoms with Crippen molar-refractivity contribution in [2.45, 2.75) is 20.0 Å². The average Bonchev–Trinajstić information content (AvgIpc) is 3.24. The van der Waals surface area contributed by atoms with Gasteiger partial charge in [-0.05, 0) is 44.2 Å². The van der Waals surface area contributed by atoms with Gasteiger partial charge < -0.3 is 20.0 Å². The molecule has 0 unspecified atom stereocenters. The van der Waals surface area contributed by atoms with Crippen molar-refractivity contribution in [3.05, 3.63) is 48.7 Å². The molecule has 6 heteroatoms. The number of nitrogen functional groups attached to an aromatic ring is 1. The zero-order chi connectivity index (χ0) is 17.4. The fourth-order valence-corrected chi connectivity index (χ4v) is 2.77. The first-order chi connectivity index (χ1) is 12.1. The van der Waals surface area contributed by atoms with E-state index in [1.165, 1.54) is 0 Å². The number of hydrogen-bond acceptors (Lipinski definition) is 5. The number of nitrogens with zero attached hydrogens (tertiary/aromatic N) is 2. The van der Waals surface area contributed by atoms with Crippen molar-refractivity contribution in [2.24, 2.45) is 0 Å². The molecule has 0 spiro atoms. The lowest BCUT2D eigenvalue weighted by molar-refractivity contribution is 0.244. The Bertz CT molecular complexity index is 1030. The van der Waals surface area contributed by atoms with Crippen LogP contribution in [-0.4, -0.2) is 21.2 Å². The lowest BCUT2D eigenvalue weighted by Gasteiger charge is -2.12. The summed E-state index contributed by atoms with van der Waals surface area (Å²) in [6.07, 6.45) is 1.95. The quantitative estimate of drug-likeness (QED) is 0.544. The van der Waals surface area contributed by atoms with Crippen LogP contribution in [0, 0.1) is 0 Å². The van der Waals surface area contributed by atoms with Gasteiger partial charge in [0.2, 0.25) is 5.82 Å². The average molecular weight is 334 g/mol. The molecule has 3 N–H and O–H groups in total. The highest BCUT2D eigenvalue weighted by Crippen LogP contribution is 2.31. The predicted molar refractivity (Wildman–Crippen MR) is 97.2 cm³/mol. The van der Waals surface area contributed by atoms with E-state index in [1.807, 2.05) is 56.4 Å². The first kappa shape index (κ1) is 15.3. The van der Waals surface area contributed by atoms with Crippen molar-refractivity contribution in [2.75, 3.05) is 5.73 Å². The Labute approximate surface area is 144 Å². The van der Waals surface area contributed by atoms with E-state index in [1.54, 1.807) is 6.07 Å². The van der Waals surface area contributed by atoms with Gasteiger partial charge >= 0.3 is 0 Å². The SMILES string of the molecule is CC(C)Oc1ccc(-c2nc(-c3cccc4[nH]ccc34)no2)cc1N. The molecule has 25 heavy (non-hydrogen) atoms. The smallest absolute Gasteiger partial charge is 0.258 e. The van der Waals surface area contributed by atoms with Crippen LogP contribution in [0.3, 0.4) is 0 Å². The van der Waals surface area contributed by atoms with Gasteiger partial charge in [0.05, 0.1) is 11.8 Å². The summed E-state index contributed by atoms with van der Waals surface area (Å²) in [5, 5.41) is 5.17. The number of nitrogens with one attached hydrogen (secondary N) is 1. The Morgan fingerprint density at radius 1 is 1.16 bits per heavy atom. The molecule has 0 aliphatic carbocycles. The van der Waals surface area contributed by atoms with Crippen molar-refractivity contribution in [1.29, 1.82) is 0 Å². The number of H-pyrrole nitrogens is 1. The van der Waals surface area contributed by atoms with Crippen LogP contribution in [0.15, 0.2) is 53.2 Å². The van der Waals surface area contributed by atoms with E-state index in [4.69, 9.17) is 15.0 Å². The lowest BCUT2D eigenvalue weighted by Crippen LogP contribution is -2.07. The fraction of sp³-hybridized carbons (Fsp3) is 0.158. The molecule has 4 rings (SSSR count). The number of ether oxygens (including phenoxy) is 1. The van der Waals surface area contributed by atoms with Crippen molar-refractivity contribution >= 4 is 16.6 Å². The summed E-state index contributed by atoms with van der Waals surface area (Å²) in [4.78, 5) is 7.70. The van der Waals surface area contributed by atoms with Crippen LogP contribution in [0.5, 0.6) is 5.75 Å². The molecule has 126 valence electrons. The highest BCUT2D eigenvalue weighted by molar-refractivity contribution is 5.93. The summed E-state index contributed by atoms with van der Waals surface area (Å²) in [5.41, 5.74) is 9.31. The van der Waals surface area contributed by atoms with Crippen molar-refractivity contribution in [3.63, 3.8) is 0 Å². The summed E-state index contributed by atoms with van der Waals surface area (Å²) in [6.45, 7) is 3.92. The summed E-state index contributed by atoms with van der Waals surface area (Å²) in [7, 11) is 0. The van der Waals surface area contributed by atoms with Crippen LogP contribution in [0.1, 0.15) is 13.8 Å². The molecule has 0 amide bonds. The van der Waals surface area contributed by atoms with Crippen molar-refractivity contribution in [1.82, 2.24) is 15.1 Å². The number of benzene rings is 2. The van der Waals surface area contributed by atoms with E-state index < -0.39 is 0 Å². The molecule has 0 bridgehead atoms. The predicted octanol–water partition coefficient (Wildman–Crippen LogP) is 4.25. The zero-order valence-electron chi connectivity index (χ0n) is 14.0. The van der Waals surface area contributed by atoms with Gasteiger partial charge in [0.1, 0.15) is 5.75 Å². The van der Waals surface area contributed by atoms with Gasteiger partial charge in [-0.25, -0.2) is 0 Å². The number of nitrogens with two attached hydrogens (primary N) is 1. The summed E-state index contributed by atoms with van der Waals surface area (Å²) in [5.74, 6) is 1.61. The Morgan fingerprint density at radius 3 is 2.84 bits per heavy atom. The Morgan fingerprint density at radius 2 is 2.04 bits per heavy atom. The van der Waals surface area contributed by atoms with Crippen LogP contribution in [0.2, 0.25) is 0 Å². The van der Waals surface area contributed by atoms with E-state index in [0.29, 0.717) is 23.2 Å².